The van der Waals surface area contributed by atoms with Gasteiger partial charge in [0.05, 0.1) is 6.54 Å². The molecule has 6 N–H and O–H groups in total. The van der Waals surface area contributed by atoms with Gasteiger partial charge in [-0.05, 0) is 111 Å². The molecule has 0 saturated heterocycles. The summed E-state index contributed by atoms with van der Waals surface area (Å²) in [6, 6.07) is 6.60. The Morgan fingerprint density at radius 3 is 2.29 bits per heavy atom. The van der Waals surface area contributed by atoms with E-state index >= 15 is 0 Å². The van der Waals surface area contributed by atoms with Gasteiger partial charge in [-0.1, -0.05) is 123 Å². The average Bonchev–Trinajstić information content (AvgIpc) is 3.96. The van der Waals surface area contributed by atoms with Crippen molar-refractivity contribution in [1.29, 1.82) is 0 Å². The highest BCUT2D eigenvalue weighted by atomic mass is 32.2. The lowest BCUT2D eigenvalue weighted by Crippen LogP contribution is -2.30. The fraction of sp³-hybridized carbons (Fsp3) is 0.628. The highest BCUT2D eigenvalue weighted by Crippen LogP contribution is 2.34. The number of hydrogen-bond acceptors (Lipinski definition) is 6. The van der Waals surface area contributed by atoms with Crippen molar-refractivity contribution < 1.29 is 4.79 Å². The second-order valence-corrected chi connectivity index (χ2v) is 15.2. The zero-order valence-corrected chi connectivity index (χ0v) is 34.4. The Balaban J connectivity index is 0.00000246. The quantitative estimate of drug-likeness (QED) is 0.0356. The number of carbonyl (C=O) groups excluding carboxylic acids is 1. The molecule has 1 atom stereocenters. The number of amides is 1. The molecule has 288 valence electrons. The molecule has 3 rings (SSSR count). The van der Waals surface area contributed by atoms with Gasteiger partial charge in [-0.25, -0.2) is 0 Å². The number of allylic oxidation sites excluding steroid dienone is 1. The highest BCUT2D eigenvalue weighted by Gasteiger charge is 2.23. The second-order valence-electron chi connectivity index (χ2n) is 13.7. The first-order valence-electron chi connectivity index (χ1n) is 20.0. The summed E-state index contributed by atoms with van der Waals surface area (Å²) in [5, 5.41) is 9.61. The van der Waals surface area contributed by atoms with Crippen molar-refractivity contribution in [1.82, 2.24) is 20.3 Å². The van der Waals surface area contributed by atoms with Crippen molar-refractivity contribution in [2.24, 2.45) is 11.7 Å². The molecule has 2 aromatic rings. The van der Waals surface area contributed by atoms with Gasteiger partial charge in [0.25, 0.3) is 0 Å². The maximum atomic E-state index is 12.4. The number of H-pyrrole nitrogens is 1. The number of rotatable bonds is 27. The van der Waals surface area contributed by atoms with Gasteiger partial charge in [-0.3, -0.25) is 4.79 Å². The maximum Gasteiger partial charge on any atom is 0.220 e. The number of carbonyl (C=O) groups is 1. The van der Waals surface area contributed by atoms with Crippen LogP contribution in [0.5, 0.6) is 0 Å². The number of hydrogen-bond donors (Lipinski definition) is 5. The predicted octanol–water partition coefficient (Wildman–Crippen LogP) is 11.9. The molecule has 51 heavy (non-hydrogen) atoms. The van der Waals surface area contributed by atoms with Gasteiger partial charge in [0.15, 0.2) is 0 Å². The summed E-state index contributed by atoms with van der Waals surface area (Å²) < 4.78 is 4.39. The zero-order chi connectivity index (χ0) is 37.7. The Morgan fingerprint density at radius 2 is 1.61 bits per heavy atom. The van der Waals surface area contributed by atoms with Crippen LogP contribution in [0.25, 0.3) is 10.8 Å². The minimum Gasteiger partial charge on any atom is -0.405 e. The Hall–Kier alpha value is -2.71. The van der Waals surface area contributed by atoms with Crippen molar-refractivity contribution in [3.8, 4) is 0 Å². The molecule has 1 aromatic carbocycles. The summed E-state index contributed by atoms with van der Waals surface area (Å²) in [4.78, 5) is 15.5. The van der Waals surface area contributed by atoms with E-state index in [2.05, 4.69) is 77.9 Å². The molecule has 1 amide bonds. The molecule has 0 spiro atoms. The van der Waals surface area contributed by atoms with Gasteiger partial charge in [0, 0.05) is 41.2 Å². The molecule has 1 saturated carbocycles. The first-order chi connectivity index (χ1) is 24.8. The number of nitrogens with one attached hydrogen (secondary N) is 4. The first kappa shape index (κ1) is 46.3. The lowest BCUT2D eigenvalue weighted by Gasteiger charge is -2.21. The lowest BCUT2D eigenvalue weighted by atomic mass is 9.92. The minimum atomic E-state index is 0.124. The standard InChI is InChI=1S/C39H62N4OS2.C2H5N.C2H6/c1-5-6-7-8-10-13-18-33(32(4)43-46-36-22-23-36)19-16-17-25-40-31(3)29-42-38(44)21-15-12-9-11-14-20-34-28-37-35(27-30(34)2)24-26-41-39(37)45;1-2-3;1-2/h24,26-28,33,36,40,43H,3-23,25,29H2,1-2H3,(H,41,45)(H,42,44);2H,1,3H2;1-2H3. The van der Waals surface area contributed by atoms with Crippen LogP contribution in [0.4, 0.5) is 0 Å². The van der Waals surface area contributed by atoms with E-state index in [1.165, 1.54) is 105 Å². The van der Waals surface area contributed by atoms with Gasteiger partial charge in [-0.2, -0.15) is 0 Å². The van der Waals surface area contributed by atoms with E-state index < -0.39 is 0 Å². The fourth-order valence-electron chi connectivity index (χ4n) is 6.02. The van der Waals surface area contributed by atoms with E-state index in [0.717, 1.165) is 66.0 Å². The van der Waals surface area contributed by atoms with E-state index in [-0.39, 0.29) is 5.91 Å². The van der Waals surface area contributed by atoms with Gasteiger partial charge in [0.2, 0.25) is 5.91 Å². The average molecular weight is 740 g/mol. The van der Waals surface area contributed by atoms with Crippen molar-refractivity contribution >= 4 is 40.8 Å². The molecule has 1 heterocycles. The molecule has 8 heteroatoms. The molecular formula is C43H73N5OS2. The van der Waals surface area contributed by atoms with Gasteiger partial charge < -0.3 is 26.1 Å². The van der Waals surface area contributed by atoms with Crippen LogP contribution in [0.2, 0.25) is 0 Å². The van der Waals surface area contributed by atoms with Crippen molar-refractivity contribution in [2.75, 3.05) is 13.1 Å². The van der Waals surface area contributed by atoms with Crippen molar-refractivity contribution in [2.45, 2.75) is 155 Å². The smallest absolute Gasteiger partial charge is 0.220 e. The van der Waals surface area contributed by atoms with Crippen LogP contribution >= 0.6 is 24.2 Å². The summed E-state index contributed by atoms with van der Waals surface area (Å²) in [7, 11) is 0. The van der Waals surface area contributed by atoms with Crippen LogP contribution in [-0.4, -0.2) is 29.2 Å². The number of fused-ring (bicyclic) bond motifs is 1. The molecule has 1 aliphatic rings. The lowest BCUT2D eigenvalue weighted by molar-refractivity contribution is -0.121. The highest BCUT2D eigenvalue weighted by molar-refractivity contribution is 7.98. The molecule has 0 bridgehead atoms. The van der Waals surface area contributed by atoms with Crippen LogP contribution in [0.15, 0.2) is 61.7 Å². The summed E-state index contributed by atoms with van der Waals surface area (Å²) in [5.74, 6) is 0.687. The Bertz CT molecular complexity index is 1320. The Kier molecular flexibility index (Phi) is 27.1. The van der Waals surface area contributed by atoms with Crippen LogP contribution < -0.4 is 21.1 Å². The van der Waals surface area contributed by atoms with E-state index in [0.29, 0.717) is 18.9 Å². The topological polar surface area (TPSA) is 95.0 Å². The Morgan fingerprint density at radius 1 is 0.980 bits per heavy atom. The fourth-order valence-corrected chi connectivity index (χ4v) is 7.13. The SMILES string of the molecule is C=C(CNC(=O)CCCCCCCc1cc2c(=S)[nH]ccc2cc1C)NCCCCC(CCCCCCCC)C(=C)NSC1CC1.C=CN.CC. The van der Waals surface area contributed by atoms with E-state index in [1.54, 1.807) is 0 Å². The van der Waals surface area contributed by atoms with Crippen LogP contribution in [0.3, 0.4) is 0 Å². The Labute approximate surface area is 321 Å². The second kappa shape index (κ2) is 29.8. The number of benzene rings is 1. The largest absolute Gasteiger partial charge is 0.405 e. The number of unbranched alkanes of at least 4 members (excludes halogenated alkanes) is 10. The summed E-state index contributed by atoms with van der Waals surface area (Å²) in [6.45, 7) is 21.6. The third kappa shape index (κ3) is 22.1. The summed E-state index contributed by atoms with van der Waals surface area (Å²) >= 11 is 7.35. The van der Waals surface area contributed by atoms with Gasteiger partial charge >= 0.3 is 0 Å². The molecule has 6 nitrogen and oxygen atoms in total. The van der Waals surface area contributed by atoms with Gasteiger partial charge in [0.1, 0.15) is 4.64 Å². The van der Waals surface area contributed by atoms with E-state index in [4.69, 9.17) is 12.2 Å². The van der Waals surface area contributed by atoms with Crippen LogP contribution in [0, 0.1) is 17.5 Å². The molecule has 1 aliphatic carbocycles. The minimum absolute atomic E-state index is 0.124. The van der Waals surface area contributed by atoms with E-state index in [9.17, 15) is 4.79 Å². The summed E-state index contributed by atoms with van der Waals surface area (Å²) in [5.41, 5.74) is 9.47. The first-order valence-corrected chi connectivity index (χ1v) is 21.3. The number of aromatic amines is 1. The van der Waals surface area contributed by atoms with Crippen molar-refractivity contribution in [3.05, 3.63) is 77.5 Å². The molecule has 1 fully saturated rings. The number of pyridine rings is 1. The number of aryl methyl sites for hydroxylation is 2. The van der Waals surface area contributed by atoms with Gasteiger partial charge in [-0.15, -0.1) is 0 Å². The third-order valence-corrected chi connectivity index (χ3v) is 10.7. The molecule has 0 aliphatic heterocycles. The number of aromatic nitrogens is 1. The zero-order valence-electron chi connectivity index (χ0n) is 32.8. The number of nitrogens with two attached hydrogens (primary N) is 1. The van der Waals surface area contributed by atoms with Crippen LogP contribution in [0.1, 0.15) is 147 Å². The summed E-state index contributed by atoms with van der Waals surface area (Å²) in [6.07, 6.45) is 25.8. The van der Waals surface area contributed by atoms with E-state index in [1.807, 2.05) is 32.0 Å². The molecule has 1 unspecified atom stereocenters. The predicted molar refractivity (Wildman–Crippen MR) is 229 cm³/mol. The normalized spacial score (nSPS) is 12.5. The van der Waals surface area contributed by atoms with Crippen molar-refractivity contribution in [3.63, 3.8) is 0 Å². The molecule has 1 aromatic heterocycles. The third-order valence-electron chi connectivity index (χ3n) is 9.21. The van der Waals surface area contributed by atoms with Crippen LogP contribution in [-0.2, 0) is 11.2 Å². The molecule has 0 radical (unpaired) electrons. The maximum absolute atomic E-state index is 12.4. The molecular weight excluding hydrogens is 667 g/mol. The monoisotopic (exact) mass is 740 g/mol.